The van der Waals surface area contributed by atoms with Gasteiger partial charge >= 0.3 is 0 Å². The monoisotopic (exact) mass is 100 g/mol. The predicted molar refractivity (Wildman–Crippen MR) is 25.0 cm³/mol. The maximum Gasteiger partial charge on any atom is 0.123 e. The molecule has 0 saturated carbocycles. The SMILES string of the molecule is C[C@](N)(O)CC#N. The fourth-order valence-corrected chi connectivity index (χ4v) is 0.160. The third-order valence-electron chi connectivity index (χ3n) is 0.437. The van der Waals surface area contributed by atoms with Gasteiger partial charge in [0.1, 0.15) is 5.72 Å². The minimum absolute atomic E-state index is 0.0208. The molecule has 0 aliphatic carbocycles. The minimum atomic E-state index is -1.31. The van der Waals surface area contributed by atoms with Crippen molar-refractivity contribution < 1.29 is 5.11 Å². The molecule has 0 fully saturated rings. The summed E-state index contributed by atoms with van der Waals surface area (Å²) in [5, 5.41) is 16.5. The van der Waals surface area contributed by atoms with E-state index in [9.17, 15) is 0 Å². The van der Waals surface area contributed by atoms with E-state index in [2.05, 4.69) is 0 Å². The van der Waals surface area contributed by atoms with Crippen LogP contribution in [-0.4, -0.2) is 10.8 Å². The van der Waals surface area contributed by atoms with E-state index in [-0.39, 0.29) is 6.42 Å². The predicted octanol–water partition coefficient (Wildman–Crippen LogP) is -0.433. The van der Waals surface area contributed by atoms with Crippen molar-refractivity contribution in [2.24, 2.45) is 5.73 Å². The molecule has 0 aromatic rings. The van der Waals surface area contributed by atoms with Crippen molar-refractivity contribution >= 4 is 0 Å². The summed E-state index contributed by atoms with van der Waals surface area (Å²) in [6.45, 7) is 1.39. The lowest BCUT2D eigenvalue weighted by molar-refractivity contribution is 0.0724. The van der Waals surface area contributed by atoms with Crippen molar-refractivity contribution in [3.8, 4) is 6.07 Å². The van der Waals surface area contributed by atoms with Crippen LogP contribution < -0.4 is 5.73 Å². The van der Waals surface area contributed by atoms with E-state index in [1.54, 1.807) is 6.07 Å². The van der Waals surface area contributed by atoms with Crippen LogP contribution in [0.4, 0.5) is 0 Å². The zero-order chi connectivity index (χ0) is 5.91. The van der Waals surface area contributed by atoms with Gasteiger partial charge < -0.3 is 10.8 Å². The molecule has 0 aromatic carbocycles. The number of nitrogens with zero attached hydrogens (tertiary/aromatic N) is 1. The molecular weight excluding hydrogens is 92.1 g/mol. The standard InChI is InChI=1S/C4H8N2O/c1-4(6,7)2-3-5/h7H,2,6H2,1H3/t4-/m0/s1. The summed E-state index contributed by atoms with van der Waals surface area (Å²) >= 11 is 0. The van der Waals surface area contributed by atoms with E-state index in [4.69, 9.17) is 16.1 Å². The van der Waals surface area contributed by atoms with Crippen LogP contribution in [0.5, 0.6) is 0 Å². The molecule has 0 radical (unpaired) electrons. The van der Waals surface area contributed by atoms with Crippen molar-refractivity contribution in [3.63, 3.8) is 0 Å². The Balaban J connectivity index is 3.40. The molecule has 0 heterocycles. The maximum absolute atomic E-state index is 8.57. The summed E-state index contributed by atoms with van der Waals surface area (Å²) < 4.78 is 0. The molecule has 0 unspecified atom stereocenters. The molecule has 1 atom stereocenters. The highest BCUT2D eigenvalue weighted by Crippen LogP contribution is 1.95. The van der Waals surface area contributed by atoms with Gasteiger partial charge in [-0.1, -0.05) is 0 Å². The summed E-state index contributed by atoms with van der Waals surface area (Å²) in [5.74, 6) is 0. The highest BCUT2D eigenvalue weighted by molar-refractivity contribution is 4.79. The Kier molecular flexibility index (Phi) is 1.75. The first-order chi connectivity index (χ1) is 3.06. The van der Waals surface area contributed by atoms with E-state index in [1.165, 1.54) is 6.92 Å². The smallest absolute Gasteiger partial charge is 0.123 e. The highest BCUT2D eigenvalue weighted by atomic mass is 16.3. The van der Waals surface area contributed by atoms with Gasteiger partial charge in [0.15, 0.2) is 0 Å². The molecule has 0 spiro atoms. The maximum atomic E-state index is 8.57. The molecule has 0 amide bonds. The summed E-state index contributed by atoms with van der Waals surface area (Å²) in [6.07, 6.45) is -0.0208. The van der Waals surface area contributed by atoms with E-state index < -0.39 is 5.72 Å². The van der Waals surface area contributed by atoms with Gasteiger partial charge in [-0.15, -0.1) is 0 Å². The second-order valence-electron chi connectivity index (χ2n) is 1.69. The van der Waals surface area contributed by atoms with E-state index in [1.807, 2.05) is 0 Å². The molecular formula is C4H8N2O. The van der Waals surface area contributed by atoms with Gasteiger partial charge in [0.2, 0.25) is 0 Å². The van der Waals surface area contributed by atoms with Crippen LogP contribution in [0, 0.1) is 11.3 Å². The van der Waals surface area contributed by atoms with Crippen LogP contribution in [0.15, 0.2) is 0 Å². The summed E-state index contributed by atoms with van der Waals surface area (Å²) in [4.78, 5) is 0. The lowest BCUT2D eigenvalue weighted by Gasteiger charge is -2.09. The molecule has 40 valence electrons. The quantitative estimate of drug-likeness (QED) is 0.439. The largest absolute Gasteiger partial charge is 0.375 e. The third-order valence-corrected chi connectivity index (χ3v) is 0.437. The van der Waals surface area contributed by atoms with Crippen molar-refractivity contribution in [1.29, 1.82) is 5.26 Å². The molecule has 0 aliphatic rings. The fraction of sp³-hybridized carbons (Fsp3) is 0.750. The Hall–Kier alpha value is -0.590. The highest BCUT2D eigenvalue weighted by Gasteiger charge is 2.10. The molecule has 3 nitrogen and oxygen atoms in total. The van der Waals surface area contributed by atoms with E-state index >= 15 is 0 Å². The number of hydrogen-bond acceptors (Lipinski definition) is 3. The van der Waals surface area contributed by atoms with Gasteiger partial charge in [-0.3, -0.25) is 0 Å². The van der Waals surface area contributed by atoms with Crippen LogP contribution in [0.2, 0.25) is 0 Å². The van der Waals surface area contributed by atoms with Gasteiger partial charge in [0, 0.05) is 0 Å². The molecule has 0 rings (SSSR count). The zero-order valence-corrected chi connectivity index (χ0v) is 4.18. The average Bonchev–Trinajstić information content (AvgIpc) is 1.30. The summed E-state index contributed by atoms with van der Waals surface area (Å²) in [6, 6.07) is 1.73. The van der Waals surface area contributed by atoms with Gasteiger partial charge in [0.05, 0.1) is 12.5 Å². The van der Waals surface area contributed by atoms with E-state index in [0.29, 0.717) is 0 Å². The first kappa shape index (κ1) is 6.41. The Morgan fingerprint density at radius 2 is 2.43 bits per heavy atom. The zero-order valence-electron chi connectivity index (χ0n) is 4.18. The first-order valence-electron chi connectivity index (χ1n) is 1.94. The van der Waals surface area contributed by atoms with Crippen molar-refractivity contribution in [1.82, 2.24) is 0 Å². The van der Waals surface area contributed by atoms with Crippen LogP contribution in [-0.2, 0) is 0 Å². The lowest BCUT2D eigenvalue weighted by Crippen LogP contribution is -2.34. The molecule has 7 heavy (non-hydrogen) atoms. The number of nitrogens with two attached hydrogens (primary N) is 1. The van der Waals surface area contributed by atoms with Crippen LogP contribution in [0.25, 0.3) is 0 Å². The van der Waals surface area contributed by atoms with E-state index in [0.717, 1.165) is 0 Å². The van der Waals surface area contributed by atoms with Crippen LogP contribution >= 0.6 is 0 Å². The average molecular weight is 100 g/mol. The first-order valence-corrected chi connectivity index (χ1v) is 1.94. The van der Waals surface area contributed by atoms with Crippen LogP contribution in [0.1, 0.15) is 13.3 Å². The minimum Gasteiger partial charge on any atom is -0.375 e. The third kappa shape index (κ3) is 5.41. The number of aliphatic hydroxyl groups is 1. The Bertz CT molecular complexity index is 86.8. The second-order valence-corrected chi connectivity index (χ2v) is 1.69. The van der Waals surface area contributed by atoms with Gasteiger partial charge in [0.25, 0.3) is 0 Å². The van der Waals surface area contributed by atoms with Crippen LogP contribution in [0.3, 0.4) is 0 Å². The summed E-state index contributed by atoms with van der Waals surface area (Å²) in [7, 11) is 0. The number of rotatable bonds is 1. The fourth-order valence-electron chi connectivity index (χ4n) is 0.160. The molecule has 3 N–H and O–H groups in total. The van der Waals surface area contributed by atoms with Gasteiger partial charge in [-0.25, -0.2) is 0 Å². The normalized spacial score (nSPS) is 17.4. The van der Waals surface area contributed by atoms with Gasteiger partial charge in [-0.05, 0) is 6.92 Å². The molecule has 0 aliphatic heterocycles. The summed E-state index contributed by atoms with van der Waals surface area (Å²) in [5.41, 5.74) is 3.67. The van der Waals surface area contributed by atoms with Gasteiger partial charge in [-0.2, -0.15) is 5.26 Å². The Labute approximate surface area is 42.4 Å². The van der Waals surface area contributed by atoms with Crippen molar-refractivity contribution in [2.75, 3.05) is 0 Å². The lowest BCUT2D eigenvalue weighted by atomic mass is 10.2. The molecule has 0 saturated heterocycles. The van der Waals surface area contributed by atoms with Crippen molar-refractivity contribution in [3.05, 3.63) is 0 Å². The van der Waals surface area contributed by atoms with Crippen molar-refractivity contribution in [2.45, 2.75) is 19.1 Å². The molecule has 3 heteroatoms. The molecule has 0 bridgehead atoms. The Morgan fingerprint density at radius 3 is 2.43 bits per heavy atom. The second kappa shape index (κ2) is 1.92. The number of nitriles is 1. The number of hydrogen-bond donors (Lipinski definition) is 2. The topological polar surface area (TPSA) is 70.0 Å². The molecule has 0 aromatic heterocycles. The Morgan fingerprint density at radius 1 is 2.00 bits per heavy atom.